The van der Waals surface area contributed by atoms with Gasteiger partial charge in [-0.1, -0.05) is 29.8 Å². The van der Waals surface area contributed by atoms with E-state index in [0.29, 0.717) is 49.7 Å². The lowest BCUT2D eigenvalue weighted by molar-refractivity contribution is 0.0525. The minimum atomic E-state index is -0.394. The second kappa shape index (κ2) is 11.3. The number of aryl methyl sites for hydroxylation is 1. The SMILES string of the molecule is CCOC(=O)c1ccc(NC(=O)N2CCN(C(=O)c3cc4ccsc4n3Cc3ccc(C)cc3)C[C@@H]2C)cc1. The number of rotatable bonds is 6. The molecule has 4 aromatic rings. The Morgan fingerprint density at radius 1 is 1.03 bits per heavy atom. The Labute approximate surface area is 231 Å². The van der Waals surface area contributed by atoms with Crippen molar-refractivity contribution < 1.29 is 19.1 Å². The summed E-state index contributed by atoms with van der Waals surface area (Å²) in [7, 11) is 0. The van der Waals surface area contributed by atoms with Crippen LogP contribution in [0.2, 0.25) is 0 Å². The summed E-state index contributed by atoms with van der Waals surface area (Å²) in [5.74, 6) is -0.415. The largest absolute Gasteiger partial charge is 0.462 e. The monoisotopic (exact) mass is 544 g/mol. The first-order valence-corrected chi connectivity index (χ1v) is 14.0. The van der Waals surface area contributed by atoms with Crippen LogP contribution in [0.5, 0.6) is 0 Å². The molecule has 5 rings (SSSR count). The lowest BCUT2D eigenvalue weighted by Gasteiger charge is -2.39. The van der Waals surface area contributed by atoms with Crippen LogP contribution in [-0.2, 0) is 11.3 Å². The van der Waals surface area contributed by atoms with Gasteiger partial charge in [0.05, 0.1) is 12.2 Å². The molecule has 1 atom stereocenters. The predicted octanol–water partition coefficient (Wildman–Crippen LogP) is 5.61. The molecule has 9 heteroatoms. The number of carbonyl (C=O) groups excluding carboxylic acids is 3. The maximum Gasteiger partial charge on any atom is 0.338 e. The van der Waals surface area contributed by atoms with E-state index in [1.165, 1.54) is 5.56 Å². The number of fused-ring (bicyclic) bond motifs is 1. The van der Waals surface area contributed by atoms with E-state index in [9.17, 15) is 14.4 Å². The van der Waals surface area contributed by atoms with Gasteiger partial charge in [-0.15, -0.1) is 11.3 Å². The zero-order valence-corrected chi connectivity index (χ0v) is 23.2. The molecule has 202 valence electrons. The number of piperazine rings is 1. The van der Waals surface area contributed by atoms with Crippen molar-refractivity contribution in [1.29, 1.82) is 0 Å². The van der Waals surface area contributed by atoms with Crippen LogP contribution < -0.4 is 5.32 Å². The molecular weight excluding hydrogens is 512 g/mol. The summed E-state index contributed by atoms with van der Waals surface area (Å²) in [6, 6.07) is 18.6. The van der Waals surface area contributed by atoms with E-state index in [1.807, 2.05) is 24.0 Å². The molecule has 0 radical (unpaired) electrons. The fraction of sp³-hybridized carbons (Fsp3) is 0.300. The number of hydrogen-bond donors (Lipinski definition) is 1. The highest BCUT2D eigenvalue weighted by Gasteiger charge is 2.32. The molecule has 1 aliphatic heterocycles. The predicted molar refractivity (Wildman–Crippen MR) is 154 cm³/mol. The average Bonchev–Trinajstić information content (AvgIpc) is 3.52. The molecule has 2 aromatic heterocycles. The zero-order valence-electron chi connectivity index (χ0n) is 22.3. The van der Waals surface area contributed by atoms with Crippen molar-refractivity contribution in [3.05, 3.63) is 88.4 Å². The lowest BCUT2D eigenvalue weighted by Crippen LogP contribution is -2.56. The summed E-state index contributed by atoms with van der Waals surface area (Å²) in [5.41, 5.74) is 4.04. The van der Waals surface area contributed by atoms with Gasteiger partial charge in [0.25, 0.3) is 5.91 Å². The average molecular weight is 545 g/mol. The van der Waals surface area contributed by atoms with Crippen molar-refractivity contribution in [3.63, 3.8) is 0 Å². The number of thiophene rings is 1. The Balaban J connectivity index is 1.25. The molecule has 0 aliphatic carbocycles. The summed E-state index contributed by atoms with van der Waals surface area (Å²) < 4.78 is 7.11. The van der Waals surface area contributed by atoms with Crippen molar-refractivity contribution in [2.24, 2.45) is 0 Å². The molecule has 0 bridgehead atoms. The third kappa shape index (κ3) is 5.68. The van der Waals surface area contributed by atoms with Crippen LogP contribution >= 0.6 is 11.3 Å². The number of nitrogens with one attached hydrogen (secondary N) is 1. The first-order valence-electron chi connectivity index (χ1n) is 13.1. The van der Waals surface area contributed by atoms with E-state index < -0.39 is 5.97 Å². The number of carbonyl (C=O) groups is 3. The third-order valence-electron chi connectivity index (χ3n) is 7.01. The summed E-state index contributed by atoms with van der Waals surface area (Å²) in [4.78, 5) is 43.3. The second-order valence-corrected chi connectivity index (χ2v) is 10.7. The van der Waals surface area contributed by atoms with Crippen molar-refractivity contribution in [2.45, 2.75) is 33.4 Å². The molecule has 3 heterocycles. The number of urea groups is 1. The normalized spacial score (nSPS) is 15.4. The molecule has 1 N–H and O–H groups in total. The second-order valence-electron chi connectivity index (χ2n) is 9.80. The number of aromatic nitrogens is 1. The quantitative estimate of drug-likeness (QED) is 0.320. The molecule has 1 saturated heterocycles. The molecule has 39 heavy (non-hydrogen) atoms. The first kappa shape index (κ1) is 26.5. The van der Waals surface area contributed by atoms with Crippen LogP contribution in [0.1, 0.15) is 45.8 Å². The van der Waals surface area contributed by atoms with Gasteiger partial charge in [-0.25, -0.2) is 9.59 Å². The third-order valence-corrected chi connectivity index (χ3v) is 7.96. The van der Waals surface area contributed by atoms with Gasteiger partial charge in [0.15, 0.2) is 0 Å². The lowest BCUT2D eigenvalue weighted by atomic mass is 10.1. The Morgan fingerprint density at radius 2 is 1.77 bits per heavy atom. The van der Waals surface area contributed by atoms with Crippen LogP contribution in [0.15, 0.2) is 66.0 Å². The number of anilines is 1. The smallest absolute Gasteiger partial charge is 0.338 e. The molecule has 2 aromatic carbocycles. The minimum Gasteiger partial charge on any atom is -0.462 e. The number of ether oxygens (including phenoxy) is 1. The molecule has 3 amide bonds. The molecular formula is C30H32N4O4S. The first-order chi connectivity index (χ1) is 18.8. The number of nitrogens with zero attached hydrogens (tertiary/aromatic N) is 3. The fourth-order valence-corrected chi connectivity index (χ4v) is 5.79. The Bertz CT molecular complexity index is 1490. The van der Waals surface area contributed by atoms with Crippen molar-refractivity contribution in [3.8, 4) is 0 Å². The van der Waals surface area contributed by atoms with Gasteiger partial charge in [-0.2, -0.15) is 0 Å². The molecule has 0 spiro atoms. The molecule has 0 saturated carbocycles. The van der Waals surface area contributed by atoms with Gasteiger partial charge in [0.2, 0.25) is 0 Å². The summed E-state index contributed by atoms with van der Waals surface area (Å²) >= 11 is 1.64. The van der Waals surface area contributed by atoms with Gasteiger partial charge in [0.1, 0.15) is 10.5 Å². The molecule has 0 unspecified atom stereocenters. The number of hydrogen-bond acceptors (Lipinski definition) is 5. The van der Waals surface area contributed by atoms with Gasteiger partial charge in [-0.05, 0) is 68.1 Å². The number of benzene rings is 2. The van der Waals surface area contributed by atoms with E-state index in [1.54, 1.807) is 47.4 Å². The van der Waals surface area contributed by atoms with E-state index in [0.717, 1.165) is 15.8 Å². The standard InChI is InChI=1S/C30H32N4O4S/c1-4-38-29(36)23-9-11-25(12-10-23)31-30(37)33-15-14-32(18-21(33)3)27(35)26-17-24-13-16-39-28(24)34(26)19-22-7-5-20(2)6-8-22/h5-13,16-17,21H,4,14-15,18-19H2,1-3H3,(H,31,37)/t21-/m0/s1. The highest BCUT2D eigenvalue weighted by atomic mass is 32.1. The van der Waals surface area contributed by atoms with Crippen LogP contribution in [0.3, 0.4) is 0 Å². The van der Waals surface area contributed by atoms with Gasteiger partial charge >= 0.3 is 12.0 Å². The van der Waals surface area contributed by atoms with Crippen LogP contribution in [0, 0.1) is 6.92 Å². The fourth-order valence-electron chi connectivity index (χ4n) is 4.89. The van der Waals surface area contributed by atoms with Gasteiger partial charge < -0.3 is 24.4 Å². The van der Waals surface area contributed by atoms with Crippen molar-refractivity contribution >= 4 is 45.1 Å². The molecule has 1 fully saturated rings. The highest BCUT2D eigenvalue weighted by Crippen LogP contribution is 2.28. The summed E-state index contributed by atoms with van der Waals surface area (Å²) in [6.45, 7) is 8.01. The molecule has 1 aliphatic rings. The Hall–Kier alpha value is -4.11. The topological polar surface area (TPSA) is 83.9 Å². The van der Waals surface area contributed by atoms with Crippen molar-refractivity contribution in [2.75, 3.05) is 31.6 Å². The number of amides is 3. The van der Waals surface area contributed by atoms with E-state index in [-0.39, 0.29) is 18.0 Å². The Kier molecular flexibility index (Phi) is 7.70. The van der Waals surface area contributed by atoms with Gasteiger partial charge in [-0.3, -0.25) is 4.79 Å². The Morgan fingerprint density at radius 3 is 2.46 bits per heavy atom. The molecule has 8 nitrogen and oxygen atoms in total. The maximum atomic E-state index is 13.7. The number of esters is 1. The summed E-state index contributed by atoms with van der Waals surface area (Å²) in [5, 5.41) is 6.01. The minimum absolute atomic E-state index is 0.0213. The van der Waals surface area contributed by atoms with E-state index in [2.05, 4.69) is 46.5 Å². The zero-order chi connectivity index (χ0) is 27.5. The highest BCUT2D eigenvalue weighted by molar-refractivity contribution is 7.16. The van der Waals surface area contributed by atoms with E-state index >= 15 is 0 Å². The van der Waals surface area contributed by atoms with Gasteiger partial charge in [0, 0.05) is 43.3 Å². The van der Waals surface area contributed by atoms with E-state index in [4.69, 9.17) is 4.74 Å². The summed E-state index contributed by atoms with van der Waals surface area (Å²) in [6.07, 6.45) is 0. The van der Waals surface area contributed by atoms with Crippen molar-refractivity contribution in [1.82, 2.24) is 14.4 Å². The van der Waals surface area contributed by atoms with Crippen LogP contribution in [0.25, 0.3) is 10.2 Å². The van der Waals surface area contributed by atoms with Crippen LogP contribution in [-0.4, -0.2) is 64.6 Å². The van der Waals surface area contributed by atoms with Crippen LogP contribution in [0.4, 0.5) is 10.5 Å². The maximum absolute atomic E-state index is 13.7.